The van der Waals surface area contributed by atoms with Crippen LogP contribution in [0.3, 0.4) is 0 Å². The van der Waals surface area contributed by atoms with Gasteiger partial charge in [-0.15, -0.1) is 0 Å². The van der Waals surface area contributed by atoms with Crippen LogP contribution in [0.4, 0.5) is 11.5 Å². The minimum Gasteiger partial charge on any atom is -0.394 e. The molecular weight excluding hydrogens is 254 g/mol. The maximum Gasteiger partial charge on any atom is 0.302 e. The van der Waals surface area contributed by atoms with Gasteiger partial charge in [-0.2, -0.15) is 17.8 Å². The van der Waals surface area contributed by atoms with Gasteiger partial charge in [0, 0.05) is 13.1 Å². The molecule has 1 aliphatic heterocycles. The van der Waals surface area contributed by atoms with Crippen LogP contribution >= 0.6 is 0 Å². The summed E-state index contributed by atoms with van der Waals surface area (Å²) in [6.07, 6.45) is 1.95. The van der Waals surface area contributed by atoms with Crippen molar-refractivity contribution >= 4 is 21.7 Å². The Morgan fingerprint density at radius 1 is 1.56 bits per heavy atom. The maximum absolute atomic E-state index is 12.2. The summed E-state index contributed by atoms with van der Waals surface area (Å²) in [6, 6.07) is 0. The number of nitrogen functional groups attached to an aromatic ring is 1. The second-order valence-corrected chi connectivity index (χ2v) is 6.49. The van der Waals surface area contributed by atoms with Crippen LogP contribution in [0, 0.1) is 12.8 Å². The molecule has 0 amide bonds. The summed E-state index contributed by atoms with van der Waals surface area (Å²) in [5, 5.41) is 6.50. The molecular formula is C10H19N5O2S. The van der Waals surface area contributed by atoms with E-state index < -0.39 is 10.2 Å². The average Bonchev–Trinajstić information content (AvgIpc) is 2.61. The van der Waals surface area contributed by atoms with E-state index in [9.17, 15) is 8.42 Å². The highest BCUT2D eigenvalue weighted by Gasteiger charge is 2.28. The summed E-state index contributed by atoms with van der Waals surface area (Å²) >= 11 is 0. The first-order valence-electron chi connectivity index (χ1n) is 5.98. The van der Waals surface area contributed by atoms with Gasteiger partial charge in [0.1, 0.15) is 0 Å². The molecule has 0 aromatic carbocycles. The third kappa shape index (κ3) is 2.59. The smallest absolute Gasteiger partial charge is 0.302 e. The molecule has 0 bridgehead atoms. The lowest BCUT2D eigenvalue weighted by Crippen LogP contribution is -2.42. The van der Waals surface area contributed by atoms with Crippen molar-refractivity contribution in [1.82, 2.24) is 14.5 Å². The molecule has 1 aliphatic rings. The van der Waals surface area contributed by atoms with Crippen molar-refractivity contribution in [1.29, 1.82) is 0 Å². The Balaban J connectivity index is 2.14. The van der Waals surface area contributed by atoms with Crippen molar-refractivity contribution in [3.05, 3.63) is 5.69 Å². The van der Waals surface area contributed by atoms with E-state index in [-0.39, 0.29) is 5.82 Å². The zero-order valence-corrected chi connectivity index (χ0v) is 11.4. The molecule has 8 heteroatoms. The van der Waals surface area contributed by atoms with Gasteiger partial charge in [-0.3, -0.25) is 9.82 Å². The SMILES string of the molecule is Cc1[nH]nc(NS(=O)(=O)N2CCCC(C)C2)c1N. The number of piperidine rings is 1. The number of hydrogen-bond acceptors (Lipinski definition) is 4. The van der Waals surface area contributed by atoms with Gasteiger partial charge < -0.3 is 5.73 Å². The van der Waals surface area contributed by atoms with Crippen molar-refractivity contribution in [3.63, 3.8) is 0 Å². The second kappa shape index (κ2) is 4.77. The number of aryl methyl sites for hydroxylation is 1. The number of hydrogen-bond donors (Lipinski definition) is 3. The third-order valence-electron chi connectivity index (χ3n) is 3.18. The van der Waals surface area contributed by atoms with Gasteiger partial charge in [0.2, 0.25) is 0 Å². The van der Waals surface area contributed by atoms with Crippen LogP contribution in [0.15, 0.2) is 0 Å². The Morgan fingerprint density at radius 2 is 2.28 bits per heavy atom. The first kappa shape index (κ1) is 13.2. The number of nitrogens with zero attached hydrogens (tertiary/aromatic N) is 2. The molecule has 102 valence electrons. The molecule has 0 radical (unpaired) electrons. The van der Waals surface area contributed by atoms with Crippen molar-refractivity contribution in [3.8, 4) is 0 Å². The Labute approximate surface area is 107 Å². The lowest BCUT2D eigenvalue weighted by Gasteiger charge is -2.29. The zero-order valence-electron chi connectivity index (χ0n) is 10.6. The summed E-state index contributed by atoms with van der Waals surface area (Å²) in [4.78, 5) is 0. The standard InChI is InChI=1S/C10H19N5O2S/c1-7-4-3-5-15(6-7)18(16,17)14-10-9(11)8(2)12-13-10/h7H,3-6,11H2,1-2H3,(H2,12,13,14). The van der Waals surface area contributed by atoms with Gasteiger partial charge in [0.15, 0.2) is 5.82 Å². The van der Waals surface area contributed by atoms with E-state index in [2.05, 4.69) is 21.8 Å². The normalized spacial score (nSPS) is 22.0. The number of H-pyrrole nitrogens is 1. The Hall–Kier alpha value is -1.28. The first-order valence-corrected chi connectivity index (χ1v) is 7.42. The molecule has 2 rings (SSSR count). The molecule has 0 saturated carbocycles. The molecule has 1 atom stereocenters. The van der Waals surface area contributed by atoms with Crippen molar-refractivity contribution in [2.75, 3.05) is 23.5 Å². The first-order chi connectivity index (χ1) is 8.40. The average molecular weight is 273 g/mol. The van der Waals surface area contributed by atoms with Gasteiger partial charge in [-0.1, -0.05) is 6.92 Å². The number of aromatic nitrogens is 2. The van der Waals surface area contributed by atoms with Crippen LogP contribution in [0.25, 0.3) is 0 Å². The van der Waals surface area contributed by atoms with Crippen LogP contribution in [0.1, 0.15) is 25.5 Å². The largest absolute Gasteiger partial charge is 0.394 e. The fraction of sp³-hybridized carbons (Fsp3) is 0.700. The van der Waals surface area contributed by atoms with Crippen molar-refractivity contribution < 1.29 is 8.42 Å². The Morgan fingerprint density at radius 3 is 2.83 bits per heavy atom. The minimum atomic E-state index is -3.56. The van der Waals surface area contributed by atoms with Crippen LogP contribution in [-0.2, 0) is 10.2 Å². The second-order valence-electron chi connectivity index (χ2n) is 4.82. The zero-order chi connectivity index (χ0) is 13.3. The van der Waals surface area contributed by atoms with Gasteiger partial charge in [-0.05, 0) is 25.7 Å². The summed E-state index contributed by atoms with van der Waals surface area (Å²) in [5.41, 5.74) is 6.72. The molecule has 18 heavy (non-hydrogen) atoms. The molecule has 1 aromatic heterocycles. The summed E-state index contributed by atoms with van der Waals surface area (Å²) in [5.74, 6) is 0.555. The van der Waals surface area contributed by atoms with Gasteiger partial charge in [-0.25, -0.2) is 0 Å². The van der Waals surface area contributed by atoms with E-state index in [1.54, 1.807) is 6.92 Å². The van der Waals surface area contributed by atoms with E-state index in [0.29, 0.717) is 30.4 Å². The molecule has 4 N–H and O–H groups in total. The van der Waals surface area contributed by atoms with E-state index in [1.807, 2.05) is 0 Å². The number of rotatable bonds is 3. The van der Waals surface area contributed by atoms with E-state index in [1.165, 1.54) is 4.31 Å². The summed E-state index contributed by atoms with van der Waals surface area (Å²) in [6.45, 7) is 4.87. The highest BCUT2D eigenvalue weighted by molar-refractivity contribution is 7.90. The lowest BCUT2D eigenvalue weighted by molar-refractivity contribution is 0.282. The monoisotopic (exact) mass is 273 g/mol. The topological polar surface area (TPSA) is 104 Å². The van der Waals surface area contributed by atoms with Gasteiger partial charge in [0.05, 0.1) is 11.4 Å². The molecule has 7 nitrogen and oxygen atoms in total. The molecule has 1 unspecified atom stereocenters. The van der Waals surface area contributed by atoms with Crippen LogP contribution in [-0.4, -0.2) is 36.0 Å². The lowest BCUT2D eigenvalue weighted by atomic mass is 10.0. The fourth-order valence-corrected chi connectivity index (χ4v) is 3.42. The molecule has 1 aromatic rings. The predicted octanol–water partition coefficient (Wildman–Crippen LogP) is 0.689. The number of nitrogens with two attached hydrogens (primary N) is 1. The minimum absolute atomic E-state index is 0.172. The summed E-state index contributed by atoms with van der Waals surface area (Å²) in [7, 11) is -3.56. The highest BCUT2D eigenvalue weighted by Crippen LogP contribution is 2.23. The van der Waals surface area contributed by atoms with Crippen LogP contribution < -0.4 is 10.5 Å². The molecule has 0 aliphatic carbocycles. The van der Waals surface area contributed by atoms with E-state index in [4.69, 9.17) is 5.73 Å². The number of aromatic amines is 1. The highest BCUT2D eigenvalue weighted by atomic mass is 32.2. The van der Waals surface area contributed by atoms with Crippen molar-refractivity contribution in [2.45, 2.75) is 26.7 Å². The van der Waals surface area contributed by atoms with Gasteiger partial charge in [0.25, 0.3) is 0 Å². The Bertz CT molecular complexity index is 524. The summed E-state index contributed by atoms with van der Waals surface area (Å²) < 4.78 is 28.2. The molecule has 1 saturated heterocycles. The third-order valence-corrected chi connectivity index (χ3v) is 4.64. The number of nitrogens with one attached hydrogen (secondary N) is 2. The Kier molecular flexibility index (Phi) is 3.49. The quantitative estimate of drug-likeness (QED) is 0.753. The predicted molar refractivity (Wildman–Crippen MR) is 70.3 cm³/mol. The molecule has 1 fully saturated rings. The maximum atomic E-state index is 12.2. The van der Waals surface area contributed by atoms with Crippen LogP contribution in [0.5, 0.6) is 0 Å². The van der Waals surface area contributed by atoms with Gasteiger partial charge >= 0.3 is 10.2 Å². The van der Waals surface area contributed by atoms with Crippen LogP contribution in [0.2, 0.25) is 0 Å². The number of anilines is 2. The fourth-order valence-electron chi connectivity index (χ4n) is 2.07. The molecule has 0 spiro atoms. The van der Waals surface area contributed by atoms with Crippen molar-refractivity contribution in [2.24, 2.45) is 5.92 Å². The van der Waals surface area contributed by atoms with E-state index >= 15 is 0 Å². The van der Waals surface area contributed by atoms with E-state index in [0.717, 1.165) is 12.8 Å². The molecule has 2 heterocycles.